The molecule has 1 heterocycles. The molecule has 0 unspecified atom stereocenters. The second-order valence-corrected chi connectivity index (χ2v) is 2.83. The van der Waals surface area contributed by atoms with Crippen LogP contribution < -0.4 is 10.7 Å². The Hall–Kier alpha value is -0.890. The van der Waals surface area contributed by atoms with Gasteiger partial charge in [-0.2, -0.15) is 0 Å². The van der Waals surface area contributed by atoms with Crippen LogP contribution in [0.2, 0.25) is 5.02 Å². The highest BCUT2D eigenvalue weighted by molar-refractivity contribution is 6.30. The Morgan fingerprint density at radius 1 is 1.09 bits per heavy atom. The molecule has 0 radical (unpaired) electrons. The quantitative estimate of drug-likeness (QED) is 0.539. The second-order valence-electron chi connectivity index (χ2n) is 2.40. The van der Waals surface area contributed by atoms with Gasteiger partial charge in [0.15, 0.2) is 0 Å². The van der Waals surface area contributed by atoms with Crippen molar-refractivity contribution in [1.82, 2.24) is 0 Å². The van der Waals surface area contributed by atoms with E-state index in [4.69, 9.17) is 11.6 Å². The highest BCUT2D eigenvalue weighted by Crippen LogP contribution is 1.99. The predicted octanol–water partition coefficient (Wildman–Crippen LogP) is 0.593. The van der Waals surface area contributed by atoms with E-state index >= 15 is 0 Å². The first-order chi connectivity index (χ1) is 5.36. The number of halogens is 1. The molecule has 0 bridgehead atoms. The highest BCUT2D eigenvalue weighted by atomic mass is 35.5. The van der Waals surface area contributed by atoms with Gasteiger partial charge in [0.05, 0.1) is 23.8 Å². The fourth-order valence-corrected chi connectivity index (χ4v) is 1.26. The Morgan fingerprint density at radius 3 is 2.64 bits per heavy atom. The van der Waals surface area contributed by atoms with Crippen LogP contribution in [0.5, 0.6) is 0 Å². The zero-order chi connectivity index (χ0) is 7.68. The van der Waals surface area contributed by atoms with Crippen molar-refractivity contribution >= 4 is 11.6 Å². The molecular weight excluding hydrogens is 160 g/mol. The van der Waals surface area contributed by atoms with E-state index in [9.17, 15) is 0 Å². The zero-order valence-electron chi connectivity index (χ0n) is 5.92. The number of hydrogen-bond donors (Lipinski definition) is 0. The molecule has 1 aromatic rings. The summed E-state index contributed by atoms with van der Waals surface area (Å²) in [7, 11) is 0. The van der Waals surface area contributed by atoms with Gasteiger partial charge in [0.1, 0.15) is 0 Å². The molecule has 1 aliphatic rings. The largest absolute Gasteiger partial charge is 0.281 e. The third-order valence-corrected chi connectivity index (χ3v) is 1.84. The van der Waals surface area contributed by atoms with Gasteiger partial charge in [-0.05, 0) is 18.2 Å². The first-order valence-electron chi connectivity index (χ1n) is 3.51. The van der Waals surface area contributed by atoms with Crippen LogP contribution in [0.4, 0.5) is 0 Å². The highest BCUT2D eigenvalue weighted by Gasteiger charge is 1.94. The lowest BCUT2D eigenvalue weighted by Crippen LogP contribution is -2.29. The van der Waals surface area contributed by atoms with Crippen molar-refractivity contribution < 1.29 is 0 Å². The minimum absolute atomic E-state index is 0.726. The van der Waals surface area contributed by atoms with Gasteiger partial charge in [-0.1, -0.05) is 11.6 Å². The maximum Gasteiger partial charge on any atom is 0.0841 e. The van der Waals surface area contributed by atoms with Crippen LogP contribution in [0.15, 0.2) is 28.2 Å². The SMILES string of the molecule is Clc1ccc2c(c1)=NCCN=2. The first-order valence-corrected chi connectivity index (χ1v) is 3.88. The Kier molecular flexibility index (Phi) is 1.62. The molecule has 3 heteroatoms. The van der Waals surface area contributed by atoms with E-state index in [2.05, 4.69) is 9.98 Å². The van der Waals surface area contributed by atoms with Crippen molar-refractivity contribution in [2.75, 3.05) is 13.1 Å². The molecule has 0 atom stereocenters. The fourth-order valence-electron chi connectivity index (χ4n) is 1.10. The van der Waals surface area contributed by atoms with E-state index in [1.54, 1.807) is 0 Å². The number of benzene rings is 1. The Balaban J connectivity index is 2.80. The van der Waals surface area contributed by atoms with Crippen LogP contribution >= 0.6 is 11.6 Å². The molecule has 1 aromatic carbocycles. The van der Waals surface area contributed by atoms with Crippen molar-refractivity contribution in [3.05, 3.63) is 33.9 Å². The molecule has 0 aliphatic carbocycles. The summed E-state index contributed by atoms with van der Waals surface area (Å²) in [5.41, 5.74) is 0. The van der Waals surface area contributed by atoms with Crippen LogP contribution in [-0.2, 0) is 0 Å². The van der Waals surface area contributed by atoms with Crippen molar-refractivity contribution in [1.29, 1.82) is 0 Å². The van der Waals surface area contributed by atoms with E-state index in [0.717, 1.165) is 28.8 Å². The molecule has 0 amide bonds. The van der Waals surface area contributed by atoms with E-state index < -0.39 is 0 Å². The molecule has 1 aliphatic heterocycles. The van der Waals surface area contributed by atoms with Gasteiger partial charge in [0.2, 0.25) is 0 Å². The number of nitrogens with zero attached hydrogens (tertiary/aromatic N) is 2. The topological polar surface area (TPSA) is 24.7 Å². The average Bonchev–Trinajstić information content (AvgIpc) is 2.04. The number of rotatable bonds is 0. The average molecular weight is 167 g/mol. The Morgan fingerprint density at radius 2 is 1.82 bits per heavy atom. The van der Waals surface area contributed by atoms with Crippen LogP contribution in [0.3, 0.4) is 0 Å². The van der Waals surface area contributed by atoms with E-state index in [-0.39, 0.29) is 0 Å². The molecule has 2 nitrogen and oxygen atoms in total. The van der Waals surface area contributed by atoms with E-state index in [1.807, 2.05) is 18.2 Å². The smallest absolute Gasteiger partial charge is 0.0841 e. The van der Waals surface area contributed by atoms with E-state index in [0.29, 0.717) is 0 Å². The minimum Gasteiger partial charge on any atom is -0.281 e. The predicted molar refractivity (Wildman–Crippen MR) is 43.5 cm³/mol. The third-order valence-electron chi connectivity index (χ3n) is 1.60. The normalized spacial score (nSPS) is 14.6. The molecule has 11 heavy (non-hydrogen) atoms. The zero-order valence-corrected chi connectivity index (χ0v) is 6.67. The number of fused-ring (bicyclic) bond motifs is 1. The Bertz CT molecular complexity index is 384. The van der Waals surface area contributed by atoms with Gasteiger partial charge in [-0.15, -0.1) is 0 Å². The lowest BCUT2D eigenvalue weighted by Gasteiger charge is -1.98. The molecule has 0 fully saturated rings. The van der Waals surface area contributed by atoms with Gasteiger partial charge in [-0.25, -0.2) is 0 Å². The van der Waals surface area contributed by atoms with Crippen molar-refractivity contribution in [3.63, 3.8) is 0 Å². The lowest BCUT2D eigenvalue weighted by molar-refractivity contribution is 0.865. The van der Waals surface area contributed by atoms with Crippen LogP contribution in [0, 0.1) is 0 Å². The molecule has 0 saturated heterocycles. The van der Waals surface area contributed by atoms with Gasteiger partial charge in [0, 0.05) is 5.02 Å². The fraction of sp³-hybridized carbons (Fsp3) is 0.250. The van der Waals surface area contributed by atoms with E-state index in [1.165, 1.54) is 0 Å². The van der Waals surface area contributed by atoms with Crippen LogP contribution in [0.25, 0.3) is 0 Å². The van der Waals surface area contributed by atoms with Gasteiger partial charge < -0.3 is 0 Å². The summed E-state index contributed by atoms with van der Waals surface area (Å²) in [5, 5.41) is 2.61. The molecule has 0 aromatic heterocycles. The molecule has 2 rings (SSSR count). The molecule has 0 saturated carbocycles. The molecule has 0 N–H and O–H groups in total. The molecular formula is C8H7ClN2. The maximum absolute atomic E-state index is 5.77. The lowest BCUT2D eigenvalue weighted by atomic mass is 10.3. The third kappa shape index (κ3) is 1.26. The molecule has 0 spiro atoms. The summed E-state index contributed by atoms with van der Waals surface area (Å²) in [6, 6.07) is 5.59. The monoisotopic (exact) mass is 166 g/mol. The maximum atomic E-state index is 5.77. The van der Waals surface area contributed by atoms with Crippen molar-refractivity contribution in [3.8, 4) is 0 Å². The van der Waals surface area contributed by atoms with Crippen LogP contribution in [0.1, 0.15) is 0 Å². The summed E-state index contributed by atoms with van der Waals surface area (Å²) in [5.74, 6) is 0. The van der Waals surface area contributed by atoms with Gasteiger partial charge >= 0.3 is 0 Å². The standard InChI is InChI=1S/C8H7ClN2/c9-6-1-2-7-8(5-6)11-4-3-10-7/h1-2,5H,3-4H2. The molecule has 56 valence electrons. The van der Waals surface area contributed by atoms with Crippen molar-refractivity contribution in [2.45, 2.75) is 0 Å². The van der Waals surface area contributed by atoms with Gasteiger partial charge in [0.25, 0.3) is 0 Å². The number of hydrogen-bond acceptors (Lipinski definition) is 2. The summed E-state index contributed by atoms with van der Waals surface area (Å²) in [6.45, 7) is 1.59. The summed E-state index contributed by atoms with van der Waals surface area (Å²) in [6.07, 6.45) is 0. The van der Waals surface area contributed by atoms with Gasteiger partial charge in [-0.3, -0.25) is 9.98 Å². The first kappa shape index (κ1) is 6.80. The van der Waals surface area contributed by atoms with Crippen LogP contribution in [-0.4, -0.2) is 13.1 Å². The second kappa shape index (κ2) is 2.62. The Labute approximate surface area is 69.2 Å². The summed E-state index contributed by atoms with van der Waals surface area (Å²) < 4.78 is 0. The minimum atomic E-state index is 0.726. The summed E-state index contributed by atoms with van der Waals surface area (Å²) >= 11 is 5.77. The summed E-state index contributed by atoms with van der Waals surface area (Å²) in [4.78, 5) is 8.56. The van der Waals surface area contributed by atoms with Crippen molar-refractivity contribution in [2.24, 2.45) is 9.98 Å².